The molecular weight excluding hydrogens is 360 g/mol. The molecule has 6 heteroatoms. The van der Waals surface area contributed by atoms with Gasteiger partial charge in [0, 0.05) is 21.7 Å². The van der Waals surface area contributed by atoms with Gasteiger partial charge in [-0.25, -0.2) is 8.78 Å². The molecule has 0 atom stereocenters. The van der Waals surface area contributed by atoms with Gasteiger partial charge in [0.2, 0.25) is 0 Å². The first-order chi connectivity index (χ1) is 12.4. The predicted molar refractivity (Wildman–Crippen MR) is 95.6 cm³/mol. The average Bonchev–Trinajstić information content (AvgIpc) is 2.63. The highest BCUT2D eigenvalue weighted by molar-refractivity contribution is 6.31. The number of carbonyl (C=O) groups excluding carboxylic acids is 2. The van der Waals surface area contributed by atoms with Gasteiger partial charge in [-0.1, -0.05) is 11.6 Å². The average molecular weight is 372 g/mol. The number of carbonyl (C=O) groups is 2. The SMILES string of the molecule is O=C(Nc1ccc(Cl)cc1C(=O)c1ccc(F)cc1)c1ccc(F)cc1. The maximum absolute atomic E-state index is 13.1. The normalized spacial score (nSPS) is 10.4. The first-order valence-corrected chi connectivity index (χ1v) is 7.98. The molecule has 0 spiro atoms. The Morgan fingerprint density at radius 1 is 0.769 bits per heavy atom. The van der Waals surface area contributed by atoms with E-state index in [9.17, 15) is 18.4 Å². The van der Waals surface area contributed by atoms with Crippen molar-refractivity contribution in [2.24, 2.45) is 0 Å². The van der Waals surface area contributed by atoms with Crippen molar-refractivity contribution in [2.75, 3.05) is 5.32 Å². The molecule has 0 bridgehead atoms. The van der Waals surface area contributed by atoms with Gasteiger partial charge >= 0.3 is 0 Å². The van der Waals surface area contributed by atoms with Crippen LogP contribution >= 0.6 is 11.6 Å². The maximum atomic E-state index is 13.1. The van der Waals surface area contributed by atoms with Gasteiger partial charge in [-0.3, -0.25) is 9.59 Å². The largest absolute Gasteiger partial charge is 0.321 e. The molecule has 3 aromatic rings. The van der Waals surface area contributed by atoms with E-state index < -0.39 is 23.3 Å². The number of nitrogens with one attached hydrogen (secondary N) is 1. The number of rotatable bonds is 4. The molecule has 0 saturated carbocycles. The molecule has 0 fully saturated rings. The zero-order chi connectivity index (χ0) is 18.7. The quantitative estimate of drug-likeness (QED) is 0.648. The molecule has 0 saturated heterocycles. The molecule has 26 heavy (non-hydrogen) atoms. The van der Waals surface area contributed by atoms with Crippen LogP contribution in [0.15, 0.2) is 66.7 Å². The highest BCUT2D eigenvalue weighted by Crippen LogP contribution is 2.24. The van der Waals surface area contributed by atoms with E-state index in [4.69, 9.17) is 11.6 Å². The Labute approximate surface area is 153 Å². The van der Waals surface area contributed by atoms with Crippen LogP contribution in [0.25, 0.3) is 0 Å². The zero-order valence-electron chi connectivity index (χ0n) is 13.3. The summed E-state index contributed by atoms with van der Waals surface area (Å²) in [6, 6.07) is 14.5. The summed E-state index contributed by atoms with van der Waals surface area (Å²) < 4.78 is 26.1. The van der Waals surface area contributed by atoms with Crippen LogP contribution in [0.3, 0.4) is 0 Å². The van der Waals surface area contributed by atoms with E-state index in [0.717, 1.165) is 0 Å². The predicted octanol–water partition coefficient (Wildman–Crippen LogP) is 5.10. The Kier molecular flexibility index (Phi) is 5.09. The Balaban J connectivity index is 1.93. The van der Waals surface area contributed by atoms with Crippen LogP contribution in [0.1, 0.15) is 26.3 Å². The van der Waals surface area contributed by atoms with Crippen LogP contribution in [0.5, 0.6) is 0 Å². The van der Waals surface area contributed by atoms with Crippen molar-refractivity contribution in [1.29, 1.82) is 0 Å². The summed E-state index contributed by atoms with van der Waals surface area (Å²) in [4.78, 5) is 25.1. The Morgan fingerprint density at radius 3 is 1.88 bits per heavy atom. The third-order valence-corrected chi connectivity index (χ3v) is 3.92. The molecular formula is C20H12ClF2NO2. The monoisotopic (exact) mass is 371 g/mol. The smallest absolute Gasteiger partial charge is 0.255 e. The van der Waals surface area contributed by atoms with E-state index >= 15 is 0 Å². The number of halogens is 3. The fourth-order valence-corrected chi connectivity index (χ4v) is 2.54. The second-order valence-corrected chi connectivity index (χ2v) is 5.92. The Morgan fingerprint density at radius 2 is 1.31 bits per heavy atom. The van der Waals surface area contributed by atoms with Crippen LogP contribution < -0.4 is 5.32 Å². The third-order valence-electron chi connectivity index (χ3n) is 3.69. The van der Waals surface area contributed by atoms with E-state index in [1.807, 2.05) is 0 Å². The topological polar surface area (TPSA) is 46.2 Å². The number of ketones is 1. The van der Waals surface area contributed by atoms with E-state index in [1.54, 1.807) is 0 Å². The van der Waals surface area contributed by atoms with Crippen LogP contribution in [0, 0.1) is 11.6 Å². The van der Waals surface area contributed by atoms with Gasteiger partial charge in [-0.15, -0.1) is 0 Å². The van der Waals surface area contributed by atoms with Crippen molar-refractivity contribution in [3.8, 4) is 0 Å². The van der Waals surface area contributed by atoms with E-state index in [0.29, 0.717) is 5.02 Å². The summed E-state index contributed by atoms with van der Waals surface area (Å²) in [5.41, 5.74) is 0.907. The van der Waals surface area contributed by atoms with Gasteiger partial charge in [0.1, 0.15) is 11.6 Å². The second kappa shape index (κ2) is 7.45. The minimum Gasteiger partial charge on any atom is -0.321 e. The molecule has 130 valence electrons. The fourth-order valence-electron chi connectivity index (χ4n) is 2.37. The summed E-state index contributed by atoms with van der Waals surface area (Å²) in [7, 11) is 0. The zero-order valence-corrected chi connectivity index (χ0v) is 14.1. The molecule has 0 heterocycles. The standard InChI is InChI=1S/C20H12ClF2NO2/c21-14-5-10-18(24-20(26)13-3-8-16(23)9-4-13)17(11-14)19(25)12-1-6-15(22)7-2-12/h1-11H,(H,24,26). The minimum atomic E-state index is -0.500. The van der Waals surface area contributed by atoms with Crippen LogP contribution in [-0.2, 0) is 0 Å². The minimum absolute atomic E-state index is 0.166. The molecule has 0 aromatic heterocycles. The molecule has 0 radical (unpaired) electrons. The summed E-state index contributed by atoms with van der Waals surface area (Å²) in [5, 5.41) is 2.94. The Bertz CT molecular complexity index is 970. The van der Waals surface area contributed by atoms with Crippen LogP contribution in [-0.4, -0.2) is 11.7 Å². The number of benzene rings is 3. The fraction of sp³-hybridized carbons (Fsp3) is 0. The van der Waals surface area contributed by atoms with E-state index in [-0.39, 0.29) is 22.4 Å². The number of anilines is 1. The van der Waals surface area contributed by atoms with Crippen molar-refractivity contribution in [3.05, 3.63) is 100 Å². The lowest BCUT2D eigenvalue weighted by Crippen LogP contribution is -2.15. The first kappa shape index (κ1) is 17.8. The van der Waals surface area contributed by atoms with Crippen molar-refractivity contribution in [1.82, 2.24) is 0 Å². The van der Waals surface area contributed by atoms with E-state index in [2.05, 4.69) is 5.32 Å². The molecule has 1 N–H and O–H groups in total. The highest BCUT2D eigenvalue weighted by atomic mass is 35.5. The van der Waals surface area contributed by atoms with Gasteiger partial charge in [0.15, 0.2) is 5.78 Å². The maximum Gasteiger partial charge on any atom is 0.255 e. The molecule has 0 unspecified atom stereocenters. The summed E-state index contributed by atoms with van der Waals surface area (Å²) >= 11 is 5.98. The van der Waals surface area contributed by atoms with Crippen LogP contribution in [0.2, 0.25) is 5.02 Å². The molecule has 0 aliphatic heterocycles. The number of hydrogen-bond acceptors (Lipinski definition) is 2. The van der Waals surface area contributed by atoms with Gasteiger partial charge < -0.3 is 5.32 Å². The number of amides is 1. The van der Waals surface area contributed by atoms with Gasteiger partial charge in [0.05, 0.1) is 5.69 Å². The lowest BCUT2D eigenvalue weighted by Gasteiger charge is -2.11. The lowest BCUT2D eigenvalue weighted by molar-refractivity contribution is 0.102. The van der Waals surface area contributed by atoms with Crippen molar-refractivity contribution in [2.45, 2.75) is 0 Å². The third kappa shape index (κ3) is 3.95. The summed E-state index contributed by atoms with van der Waals surface area (Å²) in [6.07, 6.45) is 0. The van der Waals surface area contributed by atoms with Crippen molar-refractivity contribution >= 4 is 29.0 Å². The van der Waals surface area contributed by atoms with Gasteiger partial charge in [0.25, 0.3) is 5.91 Å². The molecule has 3 rings (SSSR count). The lowest BCUT2D eigenvalue weighted by atomic mass is 10.0. The first-order valence-electron chi connectivity index (χ1n) is 7.61. The van der Waals surface area contributed by atoms with Crippen LogP contribution in [0.4, 0.5) is 14.5 Å². The molecule has 1 amide bonds. The van der Waals surface area contributed by atoms with Gasteiger partial charge in [-0.2, -0.15) is 0 Å². The molecule has 0 aliphatic rings. The van der Waals surface area contributed by atoms with Crippen molar-refractivity contribution in [3.63, 3.8) is 0 Å². The molecule has 0 aliphatic carbocycles. The van der Waals surface area contributed by atoms with E-state index in [1.165, 1.54) is 66.7 Å². The molecule has 3 nitrogen and oxygen atoms in total. The van der Waals surface area contributed by atoms with Crippen molar-refractivity contribution < 1.29 is 18.4 Å². The van der Waals surface area contributed by atoms with Gasteiger partial charge in [-0.05, 0) is 66.7 Å². The Hall–Kier alpha value is -3.05. The molecule has 3 aromatic carbocycles. The second-order valence-electron chi connectivity index (χ2n) is 5.49. The highest BCUT2D eigenvalue weighted by Gasteiger charge is 2.17. The number of hydrogen-bond donors (Lipinski definition) is 1. The summed E-state index contributed by atoms with van der Waals surface area (Å²) in [5.74, 6) is -1.83. The summed E-state index contributed by atoms with van der Waals surface area (Å²) in [6.45, 7) is 0.